The Balaban J connectivity index is 2.03. The molecule has 1 amide bonds. The van der Waals surface area contributed by atoms with Crippen LogP contribution in [0.3, 0.4) is 0 Å². The molecular formula is C17H17N3OS2. The Morgan fingerprint density at radius 1 is 1.26 bits per heavy atom. The highest BCUT2D eigenvalue weighted by molar-refractivity contribution is 7.99. The van der Waals surface area contributed by atoms with E-state index in [0.29, 0.717) is 12.2 Å². The summed E-state index contributed by atoms with van der Waals surface area (Å²) in [6.07, 6.45) is 1.93. The summed E-state index contributed by atoms with van der Waals surface area (Å²) in [4.78, 5) is 20.7. The van der Waals surface area contributed by atoms with Gasteiger partial charge in [-0.2, -0.15) is 0 Å². The van der Waals surface area contributed by atoms with Crippen LogP contribution < -0.4 is 5.73 Å². The summed E-state index contributed by atoms with van der Waals surface area (Å²) >= 11 is 3.17. The molecule has 23 heavy (non-hydrogen) atoms. The molecule has 0 bridgehead atoms. The number of thioether (sulfide) groups is 1. The van der Waals surface area contributed by atoms with Crippen molar-refractivity contribution in [3.63, 3.8) is 0 Å². The molecule has 4 nitrogen and oxygen atoms in total. The number of amides is 1. The van der Waals surface area contributed by atoms with Crippen LogP contribution in [0.4, 0.5) is 0 Å². The van der Waals surface area contributed by atoms with E-state index in [1.807, 2.05) is 0 Å². The lowest BCUT2D eigenvalue weighted by Crippen LogP contribution is -2.10. The van der Waals surface area contributed by atoms with Crippen LogP contribution in [0, 0.1) is 13.8 Å². The minimum Gasteiger partial charge on any atom is -0.370 e. The molecule has 2 aromatic heterocycles. The molecule has 2 N–H and O–H groups in total. The smallest absolute Gasteiger partial charge is 0.218 e. The number of thiophene rings is 1. The normalized spacial score (nSPS) is 11.0. The van der Waals surface area contributed by atoms with E-state index >= 15 is 0 Å². The zero-order valence-electron chi connectivity index (χ0n) is 13.0. The van der Waals surface area contributed by atoms with Crippen molar-refractivity contribution >= 4 is 39.2 Å². The average Bonchev–Trinajstić information content (AvgIpc) is 2.94. The Morgan fingerprint density at radius 3 is 2.83 bits per heavy atom. The molecule has 0 unspecified atom stereocenters. The number of benzene rings is 1. The number of fused-ring (bicyclic) bond motifs is 1. The minimum absolute atomic E-state index is 0.289. The summed E-state index contributed by atoms with van der Waals surface area (Å²) in [5, 5.41) is 4.10. The number of carbonyl (C=O) groups is 1. The van der Waals surface area contributed by atoms with Crippen molar-refractivity contribution in [2.45, 2.75) is 25.3 Å². The van der Waals surface area contributed by atoms with Crippen molar-refractivity contribution in [3.05, 3.63) is 41.0 Å². The van der Waals surface area contributed by atoms with E-state index in [-0.39, 0.29) is 5.91 Å². The predicted octanol–water partition coefficient (Wildman–Crippen LogP) is 3.94. The van der Waals surface area contributed by atoms with Crippen molar-refractivity contribution in [1.29, 1.82) is 0 Å². The van der Waals surface area contributed by atoms with Gasteiger partial charge in [-0.15, -0.1) is 23.1 Å². The van der Waals surface area contributed by atoms with Gasteiger partial charge < -0.3 is 5.73 Å². The van der Waals surface area contributed by atoms with Gasteiger partial charge in [-0.1, -0.05) is 18.2 Å². The van der Waals surface area contributed by atoms with Crippen molar-refractivity contribution in [2.75, 3.05) is 5.75 Å². The number of aryl methyl sites for hydroxylation is 2. The molecule has 118 valence electrons. The second kappa shape index (κ2) is 6.68. The third kappa shape index (κ3) is 3.38. The number of nitrogens with zero attached hydrogens (tertiary/aromatic N) is 2. The van der Waals surface area contributed by atoms with Gasteiger partial charge in [-0.3, -0.25) is 4.79 Å². The van der Waals surface area contributed by atoms with Gasteiger partial charge in [-0.05, 0) is 30.5 Å². The summed E-state index contributed by atoms with van der Waals surface area (Å²) < 4.78 is 0. The maximum atomic E-state index is 10.9. The number of nitrogens with two attached hydrogens (primary N) is 1. The highest BCUT2D eigenvalue weighted by Gasteiger charge is 2.14. The third-order valence-electron chi connectivity index (χ3n) is 3.74. The number of carbonyl (C=O) groups excluding carboxylic acids is 1. The van der Waals surface area contributed by atoms with Gasteiger partial charge in [0.15, 0.2) is 0 Å². The zero-order valence-corrected chi connectivity index (χ0v) is 14.6. The van der Waals surface area contributed by atoms with Crippen LogP contribution in [0.1, 0.15) is 17.5 Å². The Bertz CT molecular complexity index is 873. The fourth-order valence-corrected chi connectivity index (χ4v) is 4.28. The molecule has 0 saturated carbocycles. The highest BCUT2D eigenvalue weighted by atomic mass is 32.2. The van der Waals surface area contributed by atoms with E-state index in [1.54, 1.807) is 29.4 Å². The van der Waals surface area contributed by atoms with Crippen LogP contribution in [0.2, 0.25) is 0 Å². The molecule has 2 heterocycles. The van der Waals surface area contributed by atoms with Crippen molar-refractivity contribution < 1.29 is 4.79 Å². The van der Waals surface area contributed by atoms with Gasteiger partial charge in [0.05, 0.1) is 5.39 Å². The van der Waals surface area contributed by atoms with Crippen LogP contribution in [-0.4, -0.2) is 21.6 Å². The molecule has 6 heteroatoms. The standard InChI is InChI=1S/C17H17N3OS2/c1-10-3-4-12(7-11(10)2)13-8-23-17-15(13)16(19-9-20-17)22-6-5-14(18)21/h3-4,7-9H,5-6H2,1-2H3,(H2,18,21). The molecule has 0 radical (unpaired) electrons. The van der Waals surface area contributed by atoms with Gasteiger partial charge in [0.2, 0.25) is 5.91 Å². The van der Waals surface area contributed by atoms with E-state index in [4.69, 9.17) is 5.73 Å². The fraction of sp³-hybridized carbons (Fsp3) is 0.235. The maximum absolute atomic E-state index is 10.9. The first-order valence-corrected chi connectivity index (χ1v) is 9.13. The largest absolute Gasteiger partial charge is 0.370 e. The number of rotatable bonds is 5. The molecule has 0 aliphatic rings. The van der Waals surface area contributed by atoms with E-state index in [2.05, 4.69) is 47.4 Å². The molecular weight excluding hydrogens is 326 g/mol. The number of primary amides is 1. The lowest BCUT2D eigenvalue weighted by Gasteiger charge is -2.07. The van der Waals surface area contributed by atoms with Crippen LogP contribution >= 0.6 is 23.1 Å². The van der Waals surface area contributed by atoms with Crippen LogP contribution in [0.25, 0.3) is 21.3 Å². The Hall–Kier alpha value is -1.92. The molecule has 0 fully saturated rings. The Labute approximate surface area is 143 Å². The molecule has 0 spiro atoms. The van der Waals surface area contributed by atoms with Crippen molar-refractivity contribution in [2.24, 2.45) is 5.73 Å². The first-order chi connectivity index (χ1) is 11.1. The summed E-state index contributed by atoms with van der Waals surface area (Å²) in [5.41, 5.74) is 10.1. The lowest BCUT2D eigenvalue weighted by molar-refractivity contribution is -0.117. The van der Waals surface area contributed by atoms with Crippen LogP contribution in [0.5, 0.6) is 0 Å². The number of hydrogen-bond acceptors (Lipinski definition) is 5. The third-order valence-corrected chi connectivity index (χ3v) is 5.62. The van der Waals surface area contributed by atoms with Crippen molar-refractivity contribution in [1.82, 2.24) is 9.97 Å². The lowest BCUT2D eigenvalue weighted by atomic mass is 10.0. The first-order valence-electron chi connectivity index (χ1n) is 7.27. The first kappa shape index (κ1) is 16.0. The molecule has 1 aromatic carbocycles. The van der Waals surface area contributed by atoms with Crippen LogP contribution in [-0.2, 0) is 4.79 Å². The molecule has 3 aromatic rings. The fourth-order valence-electron chi connectivity index (χ4n) is 2.33. The van der Waals surface area contributed by atoms with E-state index in [9.17, 15) is 4.79 Å². The number of aromatic nitrogens is 2. The molecule has 0 aliphatic carbocycles. The highest BCUT2D eigenvalue weighted by Crippen LogP contribution is 2.38. The van der Waals surface area contributed by atoms with E-state index < -0.39 is 0 Å². The maximum Gasteiger partial charge on any atom is 0.218 e. The average molecular weight is 343 g/mol. The quantitative estimate of drug-likeness (QED) is 0.563. The van der Waals surface area contributed by atoms with Gasteiger partial charge >= 0.3 is 0 Å². The molecule has 3 rings (SSSR count). The van der Waals surface area contributed by atoms with Crippen molar-refractivity contribution in [3.8, 4) is 11.1 Å². The van der Waals surface area contributed by atoms with Gasteiger partial charge in [0.1, 0.15) is 16.2 Å². The SMILES string of the molecule is Cc1ccc(-c2csc3ncnc(SCCC(N)=O)c23)cc1C. The van der Waals surface area contributed by atoms with Crippen LogP contribution in [0.15, 0.2) is 34.9 Å². The minimum atomic E-state index is -0.289. The Morgan fingerprint density at radius 2 is 2.09 bits per heavy atom. The molecule has 0 saturated heterocycles. The topological polar surface area (TPSA) is 68.9 Å². The number of hydrogen-bond donors (Lipinski definition) is 1. The van der Waals surface area contributed by atoms with E-state index in [0.717, 1.165) is 20.8 Å². The summed E-state index contributed by atoms with van der Waals surface area (Å²) in [7, 11) is 0. The molecule has 0 atom stereocenters. The van der Waals surface area contributed by atoms with Gasteiger partial charge in [0, 0.05) is 23.1 Å². The van der Waals surface area contributed by atoms with E-state index in [1.165, 1.54) is 16.7 Å². The van der Waals surface area contributed by atoms with Gasteiger partial charge in [0.25, 0.3) is 0 Å². The monoisotopic (exact) mass is 343 g/mol. The summed E-state index contributed by atoms with van der Waals surface area (Å²) in [6, 6.07) is 6.47. The summed E-state index contributed by atoms with van der Waals surface area (Å²) in [6.45, 7) is 4.23. The second-order valence-electron chi connectivity index (χ2n) is 5.37. The zero-order chi connectivity index (χ0) is 16.4. The summed E-state index contributed by atoms with van der Waals surface area (Å²) in [5.74, 6) is 0.339. The van der Waals surface area contributed by atoms with Gasteiger partial charge in [-0.25, -0.2) is 9.97 Å². The Kier molecular flexibility index (Phi) is 4.63. The molecule has 0 aliphatic heterocycles. The predicted molar refractivity (Wildman–Crippen MR) is 96.9 cm³/mol. The second-order valence-corrected chi connectivity index (χ2v) is 7.31.